The Morgan fingerprint density at radius 1 is 1.29 bits per heavy atom. The van der Waals surface area contributed by atoms with Crippen LogP contribution in [-0.2, 0) is 0 Å². The van der Waals surface area contributed by atoms with Gasteiger partial charge in [-0.3, -0.25) is 9.79 Å². The first-order chi connectivity index (χ1) is 7.85. The van der Waals surface area contributed by atoms with Gasteiger partial charge in [0.25, 0.3) is 0 Å². The van der Waals surface area contributed by atoms with Crippen molar-refractivity contribution in [2.75, 3.05) is 0 Å². The molecule has 0 saturated carbocycles. The van der Waals surface area contributed by atoms with Crippen LogP contribution in [0.3, 0.4) is 0 Å². The van der Waals surface area contributed by atoms with Crippen molar-refractivity contribution in [3.63, 3.8) is 0 Å². The van der Waals surface area contributed by atoms with E-state index in [1.165, 1.54) is 0 Å². The molecule has 0 aliphatic heterocycles. The lowest BCUT2D eigenvalue weighted by Crippen LogP contribution is -2.20. The quantitative estimate of drug-likeness (QED) is 0.577. The molecule has 88 valence electrons. The van der Waals surface area contributed by atoms with Gasteiger partial charge in [-0.1, -0.05) is 24.3 Å². The smallest absolute Gasteiger partial charge is 0.221 e. The molecule has 0 heterocycles. The van der Waals surface area contributed by atoms with Crippen molar-refractivity contribution >= 4 is 11.5 Å². The summed E-state index contributed by atoms with van der Waals surface area (Å²) >= 11 is 0. The summed E-state index contributed by atoms with van der Waals surface area (Å²) in [5.74, 6) is -0.305. The van der Waals surface area contributed by atoms with Crippen LogP contribution >= 0.6 is 0 Å². The number of carbonyl (C=O) groups excluding carboxylic acids is 1. The van der Waals surface area contributed by atoms with Crippen molar-refractivity contribution in [2.24, 2.45) is 4.99 Å². The Labute approximate surface area is 102 Å². The number of benzene rings is 1. The van der Waals surface area contributed by atoms with Gasteiger partial charge in [-0.15, -0.1) is 0 Å². The number of hydrogen-bond acceptors (Lipinski definition) is 3. The minimum absolute atomic E-state index is 0.0354. The molecule has 0 fully saturated rings. The maximum Gasteiger partial charge on any atom is 0.221 e. The van der Waals surface area contributed by atoms with Crippen LogP contribution in [0.2, 0.25) is 0 Å². The second-order valence-corrected chi connectivity index (χ2v) is 4.89. The predicted molar refractivity (Wildman–Crippen MR) is 68.3 cm³/mol. The van der Waals surface area contributed by atoms with E-state index in [-0.39, 0.29) is 11.5 Å². The van der Waals surface area contributed by atoms with Crippen molar-refractivity contribution in [1.82, 2.24) is 0 Å². The van der Waals surface area contributed by atoms with Gasteiger partial charge in [0, 0.05) is 5.56 Å². The zero-order chi connectivity index (χ0) is 13.1. The van der Waals surface area contributed by atoms with E-state index in [1.54, 1.807) is 12.1 Å². The van der Waals surface area contributed by atoms with E-state index in [4.69, 9.17) is 5.26 Å². The van der Waals surface area contributed by atoms with E-state index < -0.39 is 5.54 Å². The average Bonchev–Trinajstić information content (AvgIpc) is 2.24. The second-order valence-electron chi connectivity index (χ2n) is 4.89. The number of Topliss-reactive ketones (excluding diaryl/α,β-unsaturated/α-hetero) is 1. The van der Waals surface area contributed by atoms with Crippen LogP contribution in [0, 0.1) is 18.3 Å². The van der Waals surface area contributed by atoms with Crippen molar-refractivity contribution < 1.29 is 4.79 Å². The van der Waals surface area contributed by atoms with Crippen molar-refractivity contribution in [3.05, 3.63) is 35.4 Å². The molecule has 3 nitrogen and oxygen atoms in total. The Bertz CT molecular complexity index is 502. The SMILES string of the molecule is Cc1ccccc1C(=O)C(C#N)=NC(C)(C)C. The highest BCUT2D eigenvalue weighted by molar-refractivity contribution is 6.51. The molecule has 3 heteroatoms. The van der Waals surface area contributed by atoms with Gasteiger partial charge >= 0.3 is 0 Å². The van der Waals surface area contributed by atoms with E-state index >= 15 is 0 Å². The number of aryl methyl sites for hydroxylation is 1. The van der Waals surface area contributed by atoms with E-state index in [0.717, 1.165) is 5.56 Å². The molecule has 1 aromatic rings. The molecule has 0 N–H and O–H groups in total. The lowest BCUT2D eigenvalue weighted by Gasteiger charge is -2.12. The molecule has 0 saturated heterocycles. The fourth-order valence-electron chi connectivity index (χ4n) is 1.42. The summed E-state index contributed by atoms with van der Waals surface area (Å²) in [6, 6.07) is 9.09. The Morgan fingerprint density at radius 2 is 1.88 bits per heavy atom. The predicted octanol–water partition coefficient (Wildman–Crippen LogP) is 2.94. The van der Waals surface area contributed by atoms with Crippen LogP contribution in [0.25, 0.3) is 0 Å². The topological polar surface area (TPSA) is 53.2 Å². The standard InChI is InChI=1S/C14H16N2O/c1-10-7-5-6-8-11(10)13(17)12(9-15)16-14(2,3)4/h5-8H,1-4H3. The first-order valence-corrected chi connectivity index (χ1v) is 5.45. The van der Waals surface area contributed by atoms with Crippen LogP contribution in [0.5, 0.6) is 0 Å². The van der Waals surface area contributed by atoms with Crippen LogP contribution in [0.4, 0.5) is 0 Å². The minimum atomic E-state index is -0.427. The summed E-state index contributed by atoms with van der Waals surface area (Å²) in [5, 5.41) is 9.01. The highest BCUT2D eigenvalue weighted by atomic mass is 16.1. The van der Waals surface area contributed by atoms with Crippen LogP contribution in [-0.4, -0.2) is 17.0 Å². The Morgan fingerprint density at radius 3 is 2.35 bits per heavy atom. The third kappa shape index (κ3) is 3.53. The highest BCUT2D eigenvalue weighted by Crippen LogP contribution is 2.12. The third-order valence-electron chi connectivity index (χ3n) is 2.16. The number of nitriles is 1. The zero-order valence-corrected chi connectivity index (χ0v) is 10.6. The van der Waals surface area contributed by atoms with Gasteiger partial charge in [0.05, 0.1) is 5.54 Å². The van der Waals surface area contributed by atoms with Crippen LogP contribution < -0.4 is 0 Å². The summed E-state index contributed by atoms with van der Waals surface area (Å²) in [4.78, 5) is 16.3. The van der Waals surface area contributed by atoms with Gasteiger partial charge in [0.15, 0.2) is 5.71 Å². The van der Waals surface area contributed by atoms with E-state index in [1.807, 2.05) is 45.9 Å². The first-order valence-electron chi connectivity index (χ1n) is 5.45. The van der Waals surface area contributed by atoms with Gasteiger partial charge in [0.1, 0.15) is 6.07 Å². The van der Waals surface area contributed by atoms with Crippen molar-refractivity contribution in [1.29, 1.82) is 5.26 Å². The molecule has 0 aliphatic rings. The van der Waals surface area contributed by atoms with Gasteiger partial charge in [-0.05, 0) is 33.3 Å². The third-order valence-corrected chi connectivity index (χ3v) is 2.16. The Balaban J connectivity index is 3.18. The number of hydrogen-bond donors (Lipinski definition) is 0. The molecule has 0 atom stereocenters. The van der Waals surface area contributed by atoms with Crippen LogP contribution in [0.1, 0.15) is 36.7 Å². The maximum absolute atomic E-state index is 12.1. The summed E-state index contributed by atoms with van der Waals surface area (Å²) < 4.78 is 0. The van der Waals surface area contributed by atoms with E-state index in [2.05, 4.69) is 4.99 Å². The molecule has 0 aromatic heterocycles. The minimum Gasteiger partial charge on any atom is -0.286 e. The Kier molecular flexibility index (Phi) is 3.80. The number of aliphatic imine (C=N–C) groups is 1. The lowest BCUT2D eigenvalue weighted by molar-refractivity contribution is 0.106. The molecule has 0 amide bonds. The molecule has 17 heavy (non-hydrogen) atoms. The van der Waals surface area contributed by atoms with Gasteiger partial charge in [0.2, 0.25) is 5.78 Å². The molecular weight excluding hydrogens is 212 g/mol. The normalized spacial score (nSPS) is 12.1. The average molecular weight is 228 g/mol. The molecular formula is C14H16N2O. The maximum atomic E-state index is 12.1. The summed E-state index contributed by atoms with van der Waals surface area (Å²) in [5.41, 5.74) is 0.932. The van der Waals surface area contributed by atoms with Crippen molar-refractivity contribution in [3.8, 4) is 6.07 Å². The summed E-state index contributed by atoms with van der Waals surface area (Å²) in [6.07, 6.45) is 0. The Hall–Kier alpha value is -1.95. The van der Waals surface area contributed by atoms with Gasteiger partial charge in [-0.2, -0.15) is 5.26 Å². The molecule has 0 unspecified atom stereocenters. The number of nitrogens with zero attached hydrogens (tertiary/aromatic N) is 2. The fourth-order valence-corrected chi connectivity index (χ4v) is 1.42. The second kappa shape index (κ2) is 4.92. The number of ketones is 1. The first kappa shape index (κ1) is 13.1. The number of carbonyl (C=O) groups is 1. The van der Waals surface area contributed by atoms with Gasteiger partial charge in [-0.25, -0.2) is 0 Å². The molecule has 1 rings (SSSR count). The van der Waals surface area contributed by atoms with Crippen molar-refractivity contribution in [2.45, 2.75) is 33.2 Å². The largest absolute Gasteiger partial charge is 0.286 e. The zero-order valence-electron chi connectivity index (χ0n) is 10.6. The molecule has 0 bridgehead atoms. The molecule has 0 radical (unpaired) electrons. The lowest BCUT2D eigenvalue weighted by atomic mass is 10.0. The van der Waals surface area contributed by atoms with E-state index in [0.29, 0.717) is 5.56 Å². The number of rotatable bonds is 2. The summed E-state index contributed by atoms with van der Waals surface area (Å²) in [6.45, 7) is 7.42. The molecule has 0 aliphatic carbocycles. The van der Waals surface area contributed by atoms with E-state index in [9.17, 15) is 4.79 Å². The monoisotopic (exact) mass is 228 g/mol. The van der Waals surface area contributed by atoms with Gasteiger partial charge < -0.3 is 0 Å². The highest BCUT2D eigenvalue weighted by Gasteiger charge is 2.18. The summed E-state index contributed by atoms with van der Waals surface area (Å²) in [7, 11) is 0. The molecule has 0 spiro atoms. The molecule has 1 aromatic carbocycles. The fraction of sp³-hybridized carbons (Fsp3) is 0.357. The van der Waals surface area contributed by atoms with Crippen LogP contribution in [0.15, 0.2) is 29.3 Å².